The van der Waals surface area contributed by atoms with E-state index in [1.807, 2.05) is 11.8 Å². The molecule has 1 rings (SSSR count). The summed E-state index contributed by atoms with van der Waals surface area (Å²) in [4.78, 5) is 12.4. The van der Waals surface area contributed by atoms with Crippen molar-refractivity contribution in [3.63, 3.8) is 0 Å². The van der Waals surface area contributed by atoms with Crippen LogP contribution in [-0.2, 0) is 11.3 Å². The number of carbonyl (C=O) groups is 1. The van der Waals surface area contributed by atoms with Crippen molar-refractivity contribution in [2.24, 2.45) is 0 Å². The predicted octanol–water partition coefficient (Wildman–Crippen LogP) is 0.971. The van der Waals surface area contributed by atoms with Crippen LogP contribution < -0.4 is 0 Å². The molecule has 0 amide bonds. The van der Waals surface area contributed by atoms with Crippen molar-refractivity contribution in [1.29, 1.82) is 0 Å². The van der Waals surface area contributed by atoms with E-state index in [0.717, 1.165) is 12.3 Å². The first-order valence-corrected chi connectivity index (χ1v) is 4.56. The molecule has 0 saturated carbocycles. The zero-order valence-corrected chi connectivity index (χ0v) is 8.14. The van der Waals surface area contributed by atoms with Gasteiger partial charge < -0.3 is 9.63 Å². The molecular formula is C9H14N2O3. The Hall–Kier alpha value is -1.36. The lowest BCUT2D eigenvalue weighted by Crippen LogP contribution is -2.25. The van der Waals surface area contributed by atoms with E-state index in [0.29, 0.717) is 13.1 Å². The van der Waals surface area contributed by atoms with Crippen LogP contribution in [0.3, 0.4) is 0 Å². The molecule has 1 N–H and O–H groups in total. The van der Waals surface area contributed by atoms with Gasteiger partial charge in [0.15, 0.2) is 5.76 Å². The summed E-state index contributed by atoms with van der Waals surface area (Å²) in [6.07, 6.45) is 1.74. The van der Waals surface area contributed by atoms with Gasteiger partial charge in [-0.3, -0.25) is 9.69 Å². The number of carboxylic acids is 1. The van der Waals surface area contributed by atoms with E-state index in [-0.39, 0.29) is 6.42 Å². The average Bonchev–Trinajstić information content (AvgIpc) is 2.64. The maximum Gasteiger partial charge on any atom is 0.304 e. The van der Waals surface area contributed by atoms with E-state index in [9.17, 15) is 4.79 Å². The molecule has 0 bridgehead atoms. The summed E-state index contributed by atoms with van der Waals surface area (Å²) in [7, 11) is 0. The van der Waals surface area contributed by atoms with Gasteiger partial charge in [0.25, 0.3) is 0 Å². The van der Waals surface area contributed by atoms with Crippen molar-refractivity contribution < 1.29 is 14.4 Å². The van der Waals surface area contributed by atoms with Crippen molar-refractivity contribution in [3.8, 4) is 0 Å². The fraction of sp³-hybridized carbons (Fsp3) is 0.556. The summed E-state index contributed by atoms with van der Waals surface area (Å²) < 4.78 is 4.93. The topological polar surface area (TPSA) is 66.6 Å². The lowest BCUT2D eigenvalue weighted by Gasteiger charge is -2.16. The zero-order chi connectivity index (χ0) is 10.4. The molecule has 0 radical (unpaired) electrons. The molecule has 1 aromatic heterocycles. The molecule has 78 valence electrons. The molecule has 5 nitrogen and oxygen atoms in total. The third kappa shape index (κ3) is 3.57. The fourth-order valence-corrected chi connectivity index (χ4v) is 1.15. The van der Waals surface area contributed by atoms with Crippen molar-refractivity contribution in [1.82, 2.24) is 10.1 Å². The highest BCUT2D eigenvalue weighted by Gasteiger charge is 2.07. The van der Waals surface area contributed by atoms with Crippen LogP contribution in [0.25, 0.3) is 0 Å². The van der Waals surface area contributed by atoms with Crippen molar-refractivity contribution in [2.75, 3.05) is 13.1 Å². The maximum absolute atomic E-state index is 10.4. The molecule has 0 aliphatic carbocycles. The molecule has 0 aliphatic heterocycles. The Morgan fingerprint density at radius 2 is 2.50 bits per heavy atom. The van der Waals surface area contributed by atoms with E-state index >= 15 is 0 Å². The van der Waals surface area contributed by atoms with Crippen LogP contribution in [0, 0.1) is 0 Å². The van der Waals surface area contributed by atoms with Crippen LogP contribution in [0.2, 0.25) is 0 Å². The molecule has 0 atom stereocenters. The minimum atomic E-state index is -0.777. The molecule has 1 aromatic rings. The van der Waals surface area contributed by atoms with Gasteiger partial charge in [0.05, 0.1) is 19.2 Å². The van der Waals surface area contributed by atoms with Crippen LogP contribution in [-0.4, -0.2) is 34.2 Å². The number of hydrogen-bond acceptors (Lipinski definition) is 4. The van der Waals surface area contributed by atoms with Crippen molar-refractivity contribution >= 4 is 5.97 Å². The summed E-state index contributed by atoms with van der Waals surface area (Å²) in [5.41, 5.74) is 0. The Morgan fingerprint density at radius 3 is 3.00 bits per heavy atom. The first-order valence-electron chi connectivity index (χ1n) is 4.56. The number of carboxylic acid groups (broad SMARTS) is 1. The molecule has 0 fully saturated rings. The Morgan fingerprint density at radius 1 is 1.71 bits per heavy atom. The van der Waals surface area contributed by atoms with Crippen LogP contribution >= 0.6 is 0 Å². The van der Waals surface area contributed by atoms with E-state index in [2.05, 4.69) is 5.16 Å². The van der Waals surface area contributed by atoms with E-state index < -0.39 is 5.97 Å². The monoisotopic (exact) mass is 198 g/mol. The molecule has 0 unspecified atom stereocenters. The molecule has 14 heavy (non-hydrogen) atoms. The van der Waals surface area contributed by atoms with Gasteiger partial charge in [-0.15, -0.1) is 0 Å². The highest BCUT2D eigenvalue weighted by molar-refractivity contribution is 5.66. The van der Waals surface area contributed by atoms with Crippen molar-refractivity contribution in [2.45, 2.75) is 19.9 Å². The maximum atomic E-state index is 10.4. The zero-order valence-electron chi connectivity index (χ0n) is 8.14. The predicted molar refractivity (Wildman–Crippen MR) is 49.7 cm³/mol. The van der Waals surface area contributed by atoms with Crippen LogP contribution in [0.5, 0.6) is 0 Å². The van der Waals surface area contributed by atoms with Gasteiger partial charge in [0, 0.05) is 12.6 Å². The lowest BCUT2D eigenvalue weighted by molar-refractivity contribution is -0.137. The smallest absolute Gasteiger partial charge is 0.304 e. The summed E-state index contributed by atoms with van der Waals surface area (Å²) in [5.74, 6) is -0.0155. The average molecular weight is 198 g/mol. The number of hydrogen-bond donors (Lipinski definition) is 1. The standard InChI is InChI=1S/C9H14N2O3/c1-2-11(6-4-9(12)13)7-8-3-5-10-14-8/h3,5H,2,4,6-7H2,1H3,(H,12,13). The van der Waals surface area contributed by atoms with E-state index in [1.54, 1.807) is 12.3 Å². The van der Waals surface area contributed by atoms with Gasteiger partial charge in [0.1, 0.15) is 0 Å². The molecule has 0 saturated heterocycles. The number of aromatic nitrogens is 1. The van der Waals surface area contributed by atoms with Gasteiger partial charge in [0.2, 0.25) is 0 Å². The Kier molecular flexibility index (Phi) is 4.12. The van der Waals surface area contributed by atoms with Gasteiger partial charge in [-0.2, -0.15) is 0 Å². The number of nitrogens with zero attached hydrogens (tertiary/aromatic N) is 2. The van der Waals surface area contributed by atoms with E-state index in [4.69, 9.17) is 9.63 Å². The summed E-state index contributed by atoms with van der Waals surface area (Å²) >= 11 is 0. The van der Waals surface area contributed by atoms with Crippen molar-refractivity contribution in [3.05, 3.63) is 18.0 Å². The second kappa shape index (κ2) is 5.39. The quantitative estimate of drug-likeness (QED) is 0.737. The van der Waals surface area contributed by atoms with E-state index in [1.165, 1.54) is 0 Å². The highest BCUT2D eigenvalue weighted by atomic mass is 16.5. The summed E-state index contributed by atoms with van der Waals surface area (Å²) in [5, 5.41) is 12.1. The Balaban J connectivity index is 2.35. The molecule has 1 heterocycles. The minimum Gasteiger partial charge on any atom is -0.481 e. The fourth-order valence-electron chi connectivity index (χ4n) is 1.15. The first kappa shape index (κ1) is 10.7. The third-order valence-corrected chi connectivity index (χ3v) is 1.96. The second-order valence-electron chi connectivity index (χ2n) is 2.99. The van der Waals surface area contributed by atoms with Gasteiger partial charge >= 0.3 is 5.97 Å². The van der Waals surface area contributed by atoms with Gasteiger partial charge in [-0.25, -0.2) is 0 Å². The molecule has 0 aromatic carbocycles. The Bertz CT molecular complexity index is 272. The normalized spacial score (nSPS) is 10.7. The van der Waals surface area contributed by atoms with Crippen LogP contribution in [0.4, 0.5) is 0 Å². The molecule has 5 heteroatoms. The first-order chi connectivity index (χ1) is 6.72. The number of rotatable bonds is 6. The van der Waals surface area contributed by atoms with Crippen LogP contribution in [0.1, 0.15) is 19.1 Å². The van der Waals surface area contributed by atoms with Crippen LogP contribution in [0.15, 0.2) is 16.8 Å². The molecule has 0 spiro atoms. The third-order valence-electron chi connectivity index (χ3n) is 1.96. The summed E-state index contributed by atoms with van der Waals surface area (Å²) in [6, 6.07) is 1.78. The largest absolute Gasteiger partial charge is 0.481 e. The van der Waals surface area contributed by atoms with Gasteiger partial charge in [-0.1, -0.05) is 12.1 Å². The summed E-state index contributed by atoms with van der Waals surface area (Å²) in [6.45, 7) is 3.93. The van der Waals surface area contributed by atoms with Gasteiger partial charge in [-0.05, 0) is 6.54 Å². The number of aliphatic carboxylic acids is 1. The second-order valence-corrected chi connectivity index (χ2v) is 2.99. The highest BCUT2D eigenvalue weighted by Crippen LogP contribution is 2.03. The lowest BCUT2D eigenvalue weighted by atomic mass is 10.3. The molecule has 0 aliphatic rings. The Labute approximate surface area is 82.3 Å². The SMILES string of the molecule is CCN(CCC(=O)O)Cc1ccno1. The minimum absolute atomic E-state index is 0.155. The molecular weight excluding hydrogens is 184 g/mol.